The van der Waals surface area contributed by atoms with Crippen molar-refractivity contribution in [3.05, 3.63) is 66.7 Å². The number of amides is 1. The second-order valence-electron chi connectivity index (χ2n) is 7.78. The summed E-state index contributed by atoms with van der Waals surface area (Å²) in [7, 11) is 2.14. The highest BCUT2D eigenvalue weighted by Gasteiger charge is 2.17. The molecule has 30 heavy (non-hydrogen) atoms. The highest BCUT2D eigenvalue weighted by molar-refractivity contribution is 5.94. The highest BCUT2D eigenvalue weighted by Crippen LogP contribution is 2.27. The van der Waals surface area contributed by atoms with Crippen molar-refractivity contribution in [1.82, 2.24) is 4.90 Å². The number of hydrogen-bond acceptors (Lipinski definition) is 4. The van der Waals surface area contributed by atoms with E-state index in [4.69, 9.17) is 4.74 Å². The van der Waals surface area contributed by atoms with E-state index in [0.717, 1.165) is 54.1 Å². The molecule has 1 amide bonds. The summed E-state index contributed by atoms with van der Waals surface area (Å²) >= 11 is 0. The van der Waals surface area contributed by atoms with Crippen molar-refractivity contribution >= 4 is 28.1 Å². The van der Waals surface area contributed by atoms with E-state index in [-0.39, 0.29) is 5.91 Å². The number of piperazine rings is 1. The summed E-state index contributed by atoms with van der Waals surface area (Å²) in [5.74, 6) is 0.895. The maximum absolute atomic E-state index is 12.5. The van der Waals surface area contributed by atoms with Crippen molar-refractivity contribution in [2.24, 2.45) is 0 Å². The molecule has 0 radical (unpaired) electrons. The Labute approximate surface area is 178 Å². The molecule has 1 heterocycles. The van der Waals surface area contributed by atoms with Gasteiger partial charge in [0.15, 0.2) is 0 Å². The molecule has 0 saturated carbocycles. The Bertz CT molecular complexity index is 991. The number of nitrogens with one attached hydrogen (secondary N) is 1. The highest BCUT2D eigenvalue weighted by atomic mass is 16.5. The predicted molar refractivity (Wildman–Crippen MR) is 123 cm³/mol. The zero-order valence-electron chi connectivity index (χ0n) is 17.5. The molecule has 0 atom stereocenters. The Hall–Kier alpha value is -3.05. The van der Waals surface area contributed by atoms with Gasteiger partial charge >= 0.3 is 0 Å². The van der Waals surface area contributed by atoms with E-state index in [2.05, 4.69) is 46.4 Å². The molecule has 3 aromatic carbocycles. The fraction of sp³-hybridized carbons (Fsp3) is 0.320. The first kappa shape index (κ1) is 20.2. The first-order valence-electron chi connectivity index (χ1n) is 10.6. The molecule has 3 aromatic rings. The molecule has 0 bridgehead atoms. The Kier molecular flexibility index (Phi) is 6.50. The predicted octanol–water partition coefficient (Wildman–Crippen LogP) is 4.39. The molecule has 1 fully saturated rings. The number of carbonyl (C=O) groups is 1. The number of ether oxygens (including phenoxy) is 1. The quantitative estimate of drug-likeness (QED) is 0.595. The Balaban J connectivity index is 1.29. The van der Waals surface area contributed by atoms with Gasteiger partial charge in [-0.2, -0.15) is 0 Å². The van der Waals surface area contributed by atoms with Crippen molar-refractivity contribution in [1.29, 1.82) is 0 Å². The van der Waals surface area contributed by atoms with E-state index >= 15 is 0 Å². The lowest BCUT2D eigenvalue weighted by Crippen LogP contribution is -2.44. The number of para-hydroxylation sites is 2. The van der Waals surface area contributed by atoms with E-state index < -0.39 is 0 Å². The van der Waals surface area contributed by atoms with Crippen molar-refractivity contribution < 1.29 is 9.53 Å². The largest absolute Gasteiger partial charge is 0.493 e. The number of benzene rings is 3. The third-order valence-corrected chi connectivity index (χ3v) is 5.58. The van der Waals surface area contributed by atoms with Gasteiger partial charge in [-0.3, -0.25) is 4.79 Å². The summed E-state index contributed by atoms with van der Waals surface area (Å²) in [4.78, 5) is 17.2. The van der Waals surface area contributed by atoms with Crippen LogP contribution in [-0.4, -0.2) is 50.6 Å². The second-order valence-corrected chi connectivity index (χ2v) is 7.78. The van der Waals surface area contributed by atoms with Gasteiger partial charge in [0.05, 0.1) is 18.0 Å². The normalized spacial score (nSPS) is 14.6. The summed E-state index contributed by atoms with van der Waals surface area (Å²) in [6.07, 6.45) is 1.10. The lowest BCUT2D eigenvalue weighted by Gasteiger charge is -2.35. The minimum Gasteiger partial charge on any atom is -0.493 e. The van der Waals surface area contributed by atoms with Crippen LogP contribution in [0.4, 0.5) is 11.4 Å². The molecule has 0 aliphatic carbocycles. The molecule has 1 saturated heterocycles. The Morgan fingerprint density at radius 1 is 0.933 bits per heavy atom. The molecule has 1 N–H and O–H groups in total. The van der Waals surface area contributed by atoms with Gasteiger partial charge < -0.3 is 19.9 Å². The maximum Gasteiger partial charge on any atom is 0.224 e. The Morgan fingerprint density at radius 3 is 2.53 bits per heavy atom. The van der Waals surface area contributed by atoms with Crippen LogP contribution in [0.15, 0.2) is 66.7 Å². The molecular formula is C25H29N3O2. The van der Waals surface area contributed by atoms with Crippen molar-refractivity contribution in [2.45, 2.75) is 12.8 Å². The number of hydrogen-bond donors (Lipinski definition) is 1. The van der Waals surface area contributed by atoms with Crippen LogP contribution in [0.3, 0.4) is 0 Å². The van der Waals surface area contributed by atoms with Gasteiger partial charge in [-0.05, 0) is 37.1 Å². The summed E-state index contributed by atoms with van der Waals surface area (Å²) in [5.41, 5.74) is 1.99. The van der Waals surface area contributed by atoms with Crippen molar-refractivity contribution in [2.75, 3.05) is 50.1 Å². The van der Waals surface area contributed by atoms with E-state index in [9.17, 15) is 4.79 Å². The molecule has 0 spiro atoms. The first-order chi connectivity index (χ1) is 14.7. The van der Waals surface area contributed by atoms with Crippen molar-refractivity contribution in [3.8, 4) is 5.75 Å². The lowest BCUT2D eigenvalue weighted by molar-refractivity contribution is -0.116. The number of carbonyl (C=O) groups excluding carboxylic acids is 1. The van der Waals surface area contributed by atoms with Crippen molar-refractivity contribution in [3.63, 3.8) is 0 Å². The SMILES string of the molecule is CN1CCN(c2ccccc2NC(=O)CCCOc2cccc3ccccc23)CC1. The maximum atomic E-state index is 12.5. The lowest BCUT2D eigenvalue weighted by atomic mass is 10.1. The van der Waals surface area contributed by atoms with Crippen LogP contribution in [0.1, 0.15) is 12.8 Å². The van der Waals surface area contributed by atoms with Crippen LogP contribution >= 0.6 is 0 Å². The van der Waals surface area contributed by atoms with Gasteiger partial charge in [0.1, 0.15) is 5.75 Å². The van der Waals surface area contributed by atoms with Crippen LogP contribution in [0.25, 0.3) is 10.8 Å². The molecule has 1 aliphatic rings. The summed E-state index contributed by atoms with van der Waals surface area (Å²) in [6, 6.07) is 22.3. The van der Waals surface area contributed by atoms with E-state index in [1.54, 1.807) is 0 Å². The molecule has 0 unspecified atom stereocenters. The number of anilines is 2. The minimum atomic E-state index is 0.0260. The van der Waals surface area contributed by atoms with Crippen LogP contribution in [0, 0.1) is 0 Å². The van der Waals surface area contributed by atoms with E-state index in [0.29, 0.717) is 19.4 Å². The van der Waals surface area contributed by atoms with Gasteiger partial charge in [-0.15, -0.1) is 0 Å². The minimum absolute atomic E-state index is 0.0260. The zero-order chi connectivity index (χ0) is 20.8. The molecule has 5 nitrogen and oxygen atoms in total. The molecule has 1 aliphatic heterocycles. The van der Waals surface area contributed by atoms with E-state index in [1.165, 1.54) is 0 Å². The number of rotatable bonds is 7. The zero-order valence-corrected chi connectivity index (χ0v) is 17.5. The summed E-state index contributed by atoms with van der Waals surface area (Å²) < 4.78 is 5.96. The third kappa shape index (κ3) is 4.92. The van der Waals surface area contributed by atoms with Gasteiger partial charge in [0.25, 0.3) is 0 Å². The van der Waals surface area contributed by atoms with Crippen LogP contribution in [0.2, 0.25) is 0 Å². The van der Waals surface area contributed by atoms with E-state index in [1.807, 2.05) is 42.5 Å². The molecule has 0 aromatic heterocycles. The number of likely N-dealkylation sites (N-methyl/N-ethyl adjacent to an activating group) is 1. The topological polar surface area (TPSA) is 44.8 Å². The average Bonchev–Trinajstić information content (AvgIpc) is 2.78. The van der Waals surface area contributed by atoms with Gasteiger partial charge in [0, 0.05) is 38.0 Å². The fourth-order valence-electron chi connectivity index (χ4n) is 3.85. The summed E-state index contributed by atoms with van der Waals surface area (Å²) in [5, 5.41) is 5.36. The van der Waals surface area contributed by atoms with Gasteiger partial charge in [-0.1, -0.05) is 48.5 Å². The van der Waals surface area contributed by atoms with Crippen LogP contribution in [-0.2, 0) is 4.79 Å². The van der Waals surface area contributed by atoms with Gasteiger partial charge in [-0.25, -0.2) is 0 Å². The fourth-order valence-corrected chi connectivity index (χ4v) is 3.85. The second kappa shape index (κ2) is 9.63. The monoisotopic (exact) mass is 403 g/mol. The molecule has 5 heteroatoms. The third-order valence-electron chi connectivity index (χ3n) is 5.58. The average molecular weight is 404 g/mol. The standard InChI is InChI=1S/C25H29N3O2/c1-27-15-17-28(18-16-27)23-12-5-4-11-22(23)26-25(29)14-7-19-30-24-13-6-9-20-8-2-3-10-21(20)24/h2-6,8-13H,7,14-19H2,1H3,(H,26,29). The Morgan fingerprint density at radius 2 is 1.67 bits per heavy atom. The van der Waals surface area contributed by atoms with Crippen LogP contribution in [0.5, 0.6) is 5.75 Å². The molecular weight excluding hydrogens is 374 g/mol. The molecule has 4 rings (SSSR count). The van der Waals surface area contributed by atoms with Crippen LogP contribution < -0.4 is 15.0 Å². The number of nitrogens with zero attached hydrogens (tertiary/aromatic N) is 2. The summed E-state index contributed by atoms with van der Waals surface area (Å²) in [6.45, 7) is 4.54. The molecule has 156 valence electrons. The smallest absolute Gasteiger partial charge is 0.224 e. The number of fused-ring (bicyclic) bond motifs is 1. The van der Waals surface area contributed by atoms with Gasteiger partial charge in [0.2, 0.25) is 5.91 Å². The first-order valence-corrected chi connectivity index (χ1v) is 10.6.